The van der Waals surface area contributed by atoms with Gasteiger partial charge in [-0.2, -0.15) is 5.26 Å². The van der Waals surface area contributed by atoms with Gasteiger partial charge in [-0.1, -0.05) is 18.2 Å². The van der Waals surface area contributed by atoms with E-state index >= 15 is 0 Å². The minimum absolute atomic E-state index is 0.130. The predicted molar refractivity (Wildman–Crippen MR) is 89.3 cm³/mol. The highest BCUT2D eigenvalue weighted by Crippen LogP contribution is 2.33. The Kier molecular flexibility index (Phi) is 4.06. The number of rotatable bonds is 3. The van der Waals surface area contributed by atoms with Crippen LogP contribution in [0.15, 0.2) is 34.7 Å². The van der Waals surface area contributed by atoms with Crippen molar-refractivity contribution in [1.82, 2.24) is 0 Å². The molecule has 1 N–H and O–H groups in total. The number of para-hydroxylation sites is 1. The molecule has 0 saturated heterocycles. The Morgan fingerprint density at radius 3 is 2.75 bits per heavy atom. The van der Waals surface area contributed by atoms with Crippen molar-refractivity contribution in [2.75, 3.05) is 12.4 Å². The number of amides is 1. The van der Waals surface area contributed by atoms with E-state index in [0.717, 1.165) is 16.7 Å². The summed E-state index contributed by atoms with van der Waals surface area (Å²) in [5, 5.41) is 13.0. The molecule has 2 heterocycles. The number of anilines is 1. The normalized spacial score (nSPS) is 10.4. The van der Waals surface area contributed by atoms with Crippen molar-refractivity contribution in [3.63, 3.8) is 0 Å². The summed E-state index contributed by atoms with van der Waals surface area (Å²) >= 11 is 1.00. The number of nitrogens with one attached hydrogen (secondary N) is 1. The lowest BCUT2D eigenvalue weighted by molar-refractivity contribution is 0.0605. The molecular weight excluding hydrogens is 328 g/mol. The summed E-state index contributed by atoms with van der Waals surface area (Å²) in [4.78, 5) is 24.4. The third kappa shape index (κ3) is 2.64. The van der Waals surface area contributed by atoms with E-state index in [0.29, 0.717) is 16.1 Å². The number of carbonyl (C=O) groups is 2. The third-order valence-corrected chi connectivity index (χ3v) is 4.69. The monoisotopic (exact) mass is 340 g/mol. The van der Waals surface area contributed by atoms with Crippen LogP contribution < -0.4 is 5.32 Å². The second-order valence-electron chi connectivity index (χ2n) is 4.97. The van der Waals surface area contributed by atoms with Crippen LogP contribution in [0.1, 0.15) is 31.4 Å². The van der Waals surface area contributed by atoms with E-state index in [1.54, 1.807) is 19.1 Å². The number of hydrogen-bond acceptors (Lipinski definition) is 6. The van der Waals surface area contributed by atoms with Crippen molar-refractivity contribution in [3.05, 3.63) is 52.1 Å². The zero-order valence-electron chi connectivity index (χ0n) is 12.9. The molecule has 0 aliphatic rings. The number of fused-ring (bicyclic) bond motifs is 1. The smallest absolute Gasteiger partial charge is 0.348 e. The molecule has 0 atom stereocenters. The van der Waals surface area contributed by atoms with Crippen LogP contribution in [-0.2, 0) is 4.74 Å². The number of benzene rings is 1. The van der Waals surface area contributed by atoms with Crippen LogP contribution in [0.25, 0.3) is 11.0 Å². The van der Waals surface area contributed by atoms with Crippen molar-refractivity contribution < 1.29 is 18.7 Å². The number of esters is 1. The largest absolute Gasteiger partial charge is 0.465 e. The highest BCUT2D eigenvalue weighted by Gasteiger charge is 2.23. The Morgan fingerprint density at radius 1 is 1.33 bits per heavy atom. The summed E-state index contributed by atoms with van der Waals surface area (Å²) in [7, 11) is 1.26. The van der Waals surface area contributed by atoms with Gasteiger partial charge in [0, 0.05) is 5.39 Å². The van der Waals surface area contributed by atoms with E-state index < -0.39 is 11.9 Å². The molecule has 0 fully saturated rings. The van der Waals surface area contributed by atoms with Crippen molar-refractivity contribution in [2.24, 2.45) is 0 Å². The van der Waals surface area contributed by atoms with Gasteiger partial charge in [0.15, 0.2) is 5.76 Å². The highest BCUT2D eigenvalue weighted by molar-refractivity contribution is 7.18. The number of methoxy groups -OCH3 is 1. The second-order valence-corrected chi connectivity index (χ2v) is 5.99. The van der Waals surface area contributed by atoms with Crippen LogP contribution >= 0.6 is 11.3 Å². The van der Waals surface area contributed by atoms with E-state index in [-0.39, 0.29) is 16.2 Å². The number of carbonyl (C=O) groups excluding carboxylic acids is 2. The molecule has 0 bridgehead atoms. The summed E-state index contributed by atoms with van der Waals surface area (Å²) < 4.78 is 10.2. The third-order valence-electron chi connectivity index (χ3n) is 3.51. The maximum atomic E-state index is 12.4. The van der Waals surface area contributed by atoms with Crippen molar-refractivity contribution >= 4 is 39.2 Å². The van der Waals surface area contributed by atoms with Crippen LogP contribution in [0, 0.1) is 18.3 Å². The first-order valence-electron chi connectivity index (χ1n) is 6.97. The highest BCUT2D eigenvalue weighted by atomic mass is 32.1. The lowest BCUT2D eigenvalue weighted by atomic mass is 10.2. The minimum Gasteiger partial charge on any atom is -0.465 e. The maximum absolute atomic E-state index is 12.4. The summed E-state index contributed by atoms with van der Waals surface area (Å²) in [6.45, 7) is 1.64. The number of ether oxygens (including phenoxy) is 1. The van der Waals surface area contributed by atoms with Gasteiger partial charge in [-0.25, -0.2) is 4.79 Å². The lowest BCUT2D eigenvalue weighted by Gasteiger charge is -2.00. The van der Waals surface area contributed by atoms with Gasteiger partial charge in [-0.15, -0.1) is 11.3 Å². The van der Waals surface area contributed by atoms with Gasteiger partial charge in [0.1, 0.15) is 21.5 Å². The quantitative estimate of drug-likeness (QED) is 0.734. The van der Waals surface area contributed by atoms with Crippen molar-refractivity contribution in [2.45, 2.75) is 6.92 Å². The first-order chi connectivity index (χ1) is 11.5. The van der Waals surface area contributed by atoms with E-state index in [2.05, 4.69) is 5.32 Å². The lowest BCUT2D eigenvalue weighted by Crippen LogP contribution is -2.10. The summed E-state index contributed by atoms with van der Waals surface area (Å²) in [5.41, 5.74) is 1.32. The van der Waals surface area contributed by atoms with Gasteiger partial charge in [0.25, 0.3) is 5.91 Å². The molecule has 0 aliphatic carbocycles. The first-order valence-corrected chi connectivity index (χ1v) is 7.78. The molecule has 3 aromatic rings. The molecule has 0 unspecified atom stereocenters. The number of thiophene rings is 1. The van der Waals surface area contributed by atoms with Crippen LogP contribution in [-0.4, -0.2) is 19.0 Å². The fourth-order valence-electron chi connectivity index (χ4n) is 2.28. The predicted octanol–water partition coefficient (Wildman–Crippen LogP) is 3.71. The summed E-state index contributed by atoms with van der Waals surface area (Å²) in [6, 6.07) is 10.9. The molecule has 3 rings (SSSR count). The molecule has 0 aliphatic heterocycles. The van der Waals surface area contributed by atoms with E-state index in [9.17, 15) is 14.9 Å². The number of hydrogen-bond donors (Lipinski definition) is 1. The maximum Gasteiger partial charge on any atom is 0.348 e. The van der Waals surface area contributed by atoms with Gasteiger partial charge in [-0.05, 0) is 24.6 Å². The Labute approximate surface area is 141 Å². The first kappa shape index (κ1) is 15.8. The molecule has 24 heavy (non-hydrogen) atoms. The Bertz CT molecular complexity index is 961. The average Bonchev–Trinajstić information content (AvgIpc) is 3.15. The molecule has 0 saturated carbocycles. The van der Waals surface area contributed by atoms with Gasteiger partial charge in [0.05, 0.1) is 12.7 Å². The minimum atomic E-state index is -0.543. The van der Waals surface area contributed by atoms with E-state index in [1.165, 1.54) is 7.11 Å². The Hall–Kier alpha value is -3.11. The van der Waals surface area contributed by atoms with Gasteiger partial charge < -0.3 is 14.5 Å². The molecular formula is C17H12N2O4S. The topological polar surface area (TPSA) is 92.3 Å². The second kappa shape index (κ2) is 6.18. The molecule has 1 amide bonds. The van der Waals surface area contributed by atoms with Crippen LogP contribution in [0.3, 0.4) is 0 Å². The molecule has 6 nitrogen and oxygen atoms in total. The standard InChI is InChI=1S/C17H12N2O4S/c1-9-11(8-18)16(24-14(9)17(21)22-2)19-15(20)13-7-10-5-3-4-6-12(10)23-13/h3-7H,1-2H3,(H,19,20). The van der Waals surface area contributed by atoms with Gasteiger partial charge in [0.2, 0.25) is 0 Å². The van der Waals surface area contributed by atoms with Crippen molar-refractivity contribution in [1.29, 1.82) is 5.26 Å². The van der Waals surface area contributed by atoms with Gasteiger partial charge >= 0.3 is 5.97 Å². The fraction of sp³-hybridized carbons (Fsp3) is 0.118. The number of furan rings is 1. The molecule has 0 radical (unpaired) electrons. The summed E-state index contributed by atoms with van der Waals surface area (Å²) in [5.74, 6) is -0.899. The molecule has 2 aromatic heterocycles. The SMILES string of the molecule is COC(=O)c1sc(NC(=O)c2cc3ccccc3o2)c(C#N)c1C. The molecule has 120 valence electrons. The van der Waals surface area contributed by atoms with Crippen molar-refractivity contribution in [3.8, 4) is 6.07 Å². The Balaban J connectivity index is 1.94. The molecule has 1 aromatic carbocycles. The van der Waals surface area contributed by atoms with E-state index in [4.69, 9.17) is 9.15 Å². The fourth-order valence-corrected chi connectivity index (χ4v) is 3.35. The molecule has 7 heteroatoms. The number of nitrogens with zero attached hydrogens (tertiary/aromatic N) is 1. The Morgan fingerprint density at radius 2 is 2.08 bits per heavy atom. The van der Waals surface area contributed by atoms with Crippen LogP contribution in [0.5, 0.6) is 0 Å². The van der Waals surface area contributed by atoms with Crippen LogP contribution in [0.4, 0.5) is 5.00 Å². The number of nitriles is 1. The molecule has 0 spiro atoms. The van der Waals surface area contributed by atoms with Crippen LogP contribution in [0.2, 0.25) is 0 Å². The zero-order chi connectivity index (χ0) is 17.3. The summed E-state index contributed by atoms with van der Waals surface area (Å²) in [6.07, 6.45) is 0. The zero-order valence-corrected chi connectivity index (χ0v) is 13.7. The van der Waals surface area contributed by atoms with Gasteiger partial charge in [-0.3, -0.25) is 4.79 Å². The van der Waals surface area contributed by atoms with E-state index in [1.807, 2.05) is 24.3 Å². The average molecular weight is 340 g/mol.